The summed E-state index contributed by atoms with van der Waals surface area (Å²) in [6.45, 7) is 8.12. The molecular formula is C8H15Br. The molecule has 0 aromatic heterocycles. The average Bonchev–Trinajstić information content (AvgIpc) is 1.63. The summed E-state index contributed by atoms with van der Waals surface area (Å²) in [6, 6.07) is 0. The summed E-state index contributed by atoms with van der Waals surface area (Å²) in [5, 5.41) is 0. The van der Waals surface area contributed by atoms with Gasteiger partial charge in [-0.15, -0.1) is 6.58 Å². The van der Waals surface area contributed by atoms with E-state index in [1.54, 1.807) is 0 Å². The molecule has 0 aliphatic heterocycles. The molecule has 0 fully saturated rings. The molecule has 0 heterocycles. The number of allylic oxidation sites excluding steroid dienone is 1. The van der Waals surface area contributed by atoms with E-state index in [0.717, 1.165) is 12.3 Å². The van der Waals surface area contributed by atoms with Crippen molar-refractivity contribution in [1.82, 2.24) is 0 Å². The number of alkyl halides is 1. The van der Waals surface area contributed by atoms with Gasteiger partial charge < -0.3 is 0 Å². The molecule has 0 aromatic carbocycles. The zero-order chi connectivity index (χ0) is 7.28. The van der Waals surface area contributed by atoms with Gasteiger partial charge in [-0.05, 0) is 18.8 Å². The molecule has 0 bridgehead atoms. The molecule has 0 rings (SSSR count). The highest BCUT2D eigenvalue weighted by molar-refractivity contribution is 9.09. The van der Waals surface area contributed by atoms with Gasteiger partial charge in [0.25, 0.3) is 0 Å². The van der Waals surface area contributed by atoms with Crippen LogP contribution in [-0.4, -0.2) is 4.83 Å². The van der Waals surface area contributed by atoms with Crippen LogP contribution >= 0.6 is 15.9 Å². The molecule has 9 heavy (non-hydrogen) atoms. The van der Waals surface area contributed by atoms with Gasteiger partial charge in [0.1, 0.15) is 0 Å². The van der Waals surface area contributed by atoms with E-state index in [9.17, 15) is 0 Å². The fraction of sp³-hybridized carbons (Fsp3) is 0.750. The Morgan fingerprint density at radius 2 is 2.11 bits per heavy atom. The molecule has 0 aliphatic carbocycles. The first-order valence-electron chi connectivity index (χ1n) is 3.41. The molecular weight excluding hydrogens is 176 g/mol. The molecule has 1 heteroatoms. The molecule has 0 aliphatic rings. The van der Waals surface area contributed by atoms with Crippen LogP contribution in [-0.2, 0) is 0 Å². The smallest absolute Gasteiger partial charge is 0.0120 e. The molecule has 2 unspecified atom stereocenters. The van der Waals surface area contributed by atoms with Crippen molar-refractivity contribution in [3.8, 4) is 0 Å². The van der Waals surface area contributed by atoms with E-state index in [0.29, 0.717) is 4.83 Å². The van der Waals surface area contributed by atoms with Gasteiger partial charge in [0.15, 0.2) is 0 Å². The lowest BCUT2D eigenvalue weighted by atomic mass is 10.0. The van der Waals surface area contributed by atoms with Crippen LogP contribution in [0.2, 0.25) is 0 Å². The van der Waals surface area contributed by atoms with Crippen molar-refractivity contribution in [3.05, 3.63) is 12.7 Å². The minimum absolute atomic E-state index is 0.646. The summed E-state index contributed by atoms with van der Waals surface area (Å²) in [7, 11) is 0. The van der Waals surface area contributed by atoms with Crippen LogP contribution in [0.3, 0.4) is 0 Å². The Balaban J connectivity index is 3.25. The highest BCUT2D eigenvalue weighted by Crippen LogP contribution is 2.15. The molecule has 0 N–H and O–H groups in total. The Morgan fingerprint density at radius 1 is 1.56 bits per heavy atom. The molecule has 0 nitrogen and oxygen atoms in total. The van der Waals surface area contributed by atoms with E-state index in [1.807, 2.05) is 6.08 Å². The quantitative estimate of drug-likeness (QED) is 0.472. The van der Waals surface area contributed by atoms with Crippen LogP contribution in [0.1, 0.15) is 26.7 Å². The second-order valence-electron chi connectivity index (χ2n) is 2.65. The topological polar surface area (TPSA) is 0 Å². The third-order valence-electron chi connectivity index (χ3n) is 1.30. The van der Waals surface area contributed by atoms with E-state index in [-0.39, 0.29) is 0 Å². The van der Waals surface area contributed by atoms with Crippen molar-refractivity contribution in [3.63, 3.8) is 0 Å². The number of hydrogen-bond acceptors (Lipinski definition) is 0. The Labute approximate surface area is 66.5 Å². The maximum Gasteiger partial charge on any atom is 0.0120 e. The van der Waals surface area contributed by atoms with Gasteiger partial charge >= 0.3 is 0 Å². The normalized spacial score (nSPS) is 16.8. The van der Waals surface area contributed by atoms with E-state index < -0.39 is 0 Å². The zero-order valence-electron chi connectivity index (χ0n) is 6.23. The maximum atomic E-state index is 3.69. The van der Waals surface area contributed by atoms with Gasteiger partial charge in [-0.3, -0.25) is 0 Å². The van der Waals surface area contributed by atoms with E-state index in [1.165, 1.54) is 6.42 Å². The van der Waals surface area contributed by atoms with Crippen LogP contribution in [0.5, 0.6) is 0 Å². The number of rotatable bonds is 4. The van der Waals surface area contributed by atoms with Crippen LogP contribution in [0.15, 0.2) is 12.7 Å². The summed E-state index contributed by atoms with van der Waals surface area (Å²) < 4.78 is 0. The largest absolute Gasteiger partial charge is 0.103 e. The van der Waals surface area contributed by atoms with Crippen molar-refractivity contribution in [1.29, 1.82) is 0 Å². The van der Waals surface area contributed by atoms with E-state index in [2.05, 4.69) is 36.4 Å². The molecule has 0 saturated carbocycles. The van der Waals surface area contributed by atoms with Gasteiger partial charge in [0.05, 0.1) is 0 Å². The fourth-order valence-electron chi connectivity index (χ4n) is 0.935. The minimum atomic E-state index is 0.646. The lowest BCUT2D eigenvalue weighted by Gasteiger charge is -2.08. The molecule has 0 radical (unpaired) electrons. The number of hydrogen-bond donors (Lipinski definition) is 0. The monoisotopic (exact) mass is 190 g/mol. The van der Waals surface area contributed by atoms with Crippen molar-refractivity contribution in [2.75, 3.05) is 0 Å². The van der Waals surface area contributed by atoms with Gasteiger partial charge in [-0.2, -0.15) is 0 Å². The molecule has 0 aromatic rings. The highest BCUT2D eigenvalue weighted by Gasteiger charge is 2.02. The molecule has 2 atom stereocenters. The standard InChI is InChI=1S/C8H15Br/c1-4-5-7(2)6-8(3)9/h4,7-8H,1,5-6H2,2-3H3. The van der Waals surface area contributed by atoms with Crippen LogP contribution in [0.25, 0.3) is 0 Å². The van der Waals surface area contributed by atoms with E-state index >= 15 is 0 Å². The van der Waals surface area contributed by atoms with Crippen molar-refractivity contribution >= 4 is 15.9 Å². The molecule has 0 spiro atoms. The van der Waals surface area contributed by atoms with Gasteiger partial charge in [0.2, 0.25) is 0 Å². The summed E-state index contributed by atoms with van der Waals surface area (Å²) in [4.78, 5) is 0.646. The van der Waals surface area contributed by atoms with Crippen molar-refractivity contribution < 1.29 is 0 Å². The zero-order valence-corrected chi connectivity index (χ0v) is 7.82. The number of halogens is 1. The van der Waals surface area contributed by atoms with Gasteiger partial charge in [-0.1, -0.05) is 35.9 Å². The molecule has 0 amide bonds. The van der Waals surface area contributed by atoms with Crippen molar-refractivity contribution in [2.24, 2.45) is 5.92 Å². The first kappa shape index (κ1) is 9.22. The van der Waals surface area contributed by atoms with Crippen molar-refractivity contribution in [2.45, 2.75) is 31.5 Å². The van der Waals surface area contributed by atoms with Crippen LogP contribution < -0.4 is 0 Å². The predicted molar refractivity (Wildman–Crippen MR) is 47.0 cm³/mol. The first-order chi connectivity index (χ1) is 4.16. The Morgan fingerprint density at radius 3 is 2.44 bits per heavy atom. The third kappa shape index (κ3) is 6.10. The first-order valence-corrected chi connectivity index (χ1v) is 4.33. The Bertz CT molecular complexity index is 76.6. The summed E-state index contributed by atoms with van der Waals surface area (Å²) in [6.07, 6.45) is 4.36. The maximum absolute atomic E-state index is 3.69. The second-order valence-corrected chi connectivity index (χ2v) is 4.21. The molecule has 0 saturated heterocycles. The summed E-state index contributed by atoms with van der Waals surface area (Å²) in [5.74, 6) is 0.775. The minimum Gasteiger partial charge on any atom is -0.103 e. The fourth-order valence-corrected chi connectivity index (χ4v) is 1.57. The Hall–Kier alpha value is 0.220. The second kappa shape index (κ2) is 5.04. The van der Waals surface area contributed by atoms with Crippen LogP contribution in [0, 0.1) is 5.92 Å². The van der Waals surface area contributed by atoms with Crippen LogP contribution in [0.4, 0.5) is 0 Å². The lowest BCUT2D eigenvalue weighted by Crippen LogP contribution is -1.99. The highest BCUT2D eigenvalue weighted by atomic mass is 79.9. The lowest BCUT2D eigenvalue weighted by molar-refractivity contribution is 0.543. The predicted octanol–water partition coefficient (Wildman–Crippen LogP) is 3.37. The third-order valence-corrected chi connectivity index (χ3v) is 1.67. The van der Waals surface area contributed by atoms with Gasteiger partial charge in [-0.25, -0.2) is 0 Å². The molecule has 54 valence electrons. The summed E-state index contributed by atoms with van der Waals surface area (Å²) in [5.41, 5.74) is 0. The SMILES string of the molecule is C=CCC(C)CC(C)Br. The average molecular weight is 191 g/mol. The Kier molecular flexibility index (Phi) is 5.16. The van der Waals surface area contributed by atoms with E-state index in [4.69, 9.17) is 0 Å². The van der Waals surface area contributed by atoms with Gasteiger partial charge in [0, 0.05) is 4.83 Å². The summed E-state index contributed by atoms with van der Waals surface area (Å²) >= 11 is 3.51.